The zero-order chi connectivity index (χ0) is 10.4. The van der Waals surface area contributed by atoms with Crippen molar-refractivity contribution in [2.24, 2.45) is 0 Å². The number of rotatable bonds is 0. The Kier molecular flexibility index (Phi) is 1.73. The fourth-order valence-corrected chi connectivity index (χ4v) is 2.23. The van der Waals surface area contributed by atoms with E-state index in [1.807, 2.05) is 6.07 Å². The largest absolute Gasteiger partial charge is 0.494 e. The van der Waals surface area contributed by atoms with Crippen LogP contribution in [-0.4, -0.2) is 16.2 Å². The number of hydrogen-bond donors (Lipinski definition) is 2. The van der Waals surface area contributed by atoms with E-state index in [0.29, 0.717) is 18.5 Å². The average molecular weight is 206 g/mol. The van der Waals surface area contributed by atoms with Crippen LogP contribution in [-0.2, 0) is 13.1 Å². The first kappa shape index (κ1) is 8.73. The Hall–Kier alpha value is -1.55. The molecule has 2 heterocycles. The molecule has 4 heteroatoms. The number of benzene rings is 1. The van der Waals surface area contributed by atoms with Gasteiger partial charge in [0.2, 0.25) is 5.88 Å². The highest BCUT2D eigenvalue weighted by molar-refractivity contribution is 5.91. The molecular formula is C11H11FN2O. The van der Waals surface area contributed by atoms with E-state index in [0.717, 1.165) is 17.6 Å². The second kappa shape index (κ2) is 2.97. The summed E-state index contributed by atoms with van der Waals surface area (Å²) in [6.07, 6.45) is 0. The van der Waals surface area contributed by atoms with Gasteiger partial charge < -0.3 is 15.0 Å². The van der Waals surface area contributed by atoms with E-state index < -0.39 is 0 Å². The van der Waals surface area contributed by atoms with Crippen LogP contribution in [0.25, 0.3) is 10.8 Å². The van der Waals surface area contributed by atoms with E-state index in [1.165, 1.54) is 6.07 Å². The zero-order valence-electron chi connectivity index (χ0n) is 8.13. The summed E-state index contributed by atoms with van der Waals surface area (Å²) in [5, 5.41) is 14.3. The zero-order valence-corrected chi connectivity index (χ0v) is 8.13. The molecule has 0 atom stereocenters. The van der Waals surface area contributed by atoms with Gasteiger partial charge in [0.15, 0.2) is 0 Å². The maximum atomic E-state index is 13.5. The lowest BCUT2D eigenvalue weighted by molar-refractivity contribution is 0.395. The molecule has 3 nitrogen and oxygen atoms in total. The summed E-state index contributed by atoms with van der Waals surface area (Å²) in [7, 11) is 0. The molecule has 0 bridgehead atoms. The molecule has 1 aromatic carbocycles. The van der Waals surface area contributed by atoms with Crippen LogP contribution in [0.5, 0.6) is 5.88 Å². The normalized spacial score (nSPS) is 15.5. The predicted molar refractivity (Wildman–Crippen MR) is 55.3 cm³/mol. The fourth-order valence-electron chi connectivity index (χ4n) is 2.23. The highest BCUT2D eigenvalue weighted by Gasteiger charge is 2.20. The maximum absolute atomic E-state index is 13.5. The highest BCUT2D eigenvalue weighted by atomic mass is 19.1. The van der Waals surface area contributed by atoms with Crippen molar-refractivity contribution in [1.29, 1.82) is 0 Å². The number of fused-ring (bicyclic) bond motifs is 3. The molecule has 0 radical (unpaired) electrons. The lowest BCUT2D eigenvalue weighted by Crippen LogP contribution is -2.27. The van der Waals surface area contributed by atoms with Gasteiger partial charge in [-0.05, 0) is 6.07 Å². The molecule has 0 saturated heterocycles. The van der Waals surface area contributed by atoms with Crippen molar-refractivity contribution in [3.05, 3.63) is 29.7 Å². The quantitative estimate of drug-likeness (QED) is 0.686. The van der Waals surface area contributed by atoms with Crippen LogP contribution in [0.15, 0.2) is 18.2 Å². The molecule has 0 aliphatic carbocycles. The van der Waals surface area contributed by atoms with Crippen molar-refractivity contribution < 1.29 is 9.50 Å². The average Bonchev–Trinajstić information content (AvgIpc) is 2.55. The molecule has 1 aliphatic rings. The van der Waals surface area contributed by atoms with Gasteiger partial charge in [0, 0.05) is 30.7 Å². The minimum Gasteiger partial charge on any atom is -0.494 e. The van der Waals surface area contributed by atoms with E-state index >= 15 is 0 Å². The van der Waals surface area contributed by atoms with E-state index in [-0.39, 0.29) is 11.7 Å². The standard InChI is InChI=1S/C11H11FN2O/c12-8-3-1-2-7-9-6-13-4-5-14(9)11(15)10(7)8/h1-3,13,15H,4-6H2. The third-order valence-electron chi connectivity index (χ3n) is 2.93. The molecule has 0 spiro atoms. The van der Waals surface area contributed by atoms with Gasteiger partial charge in [0.1, 0.15) is 5.82 Å². The smallest absolute Gasteiger partial charge is 0.202 e. The van der Waals surface area contributed by atoms with Crippen LogP contribution >= 0.6 is 0 Å². The van der Waals surface area contributed by atoms with E-state index in [1.54, 1.807) is 10.6 Å². The van der Waals surface area contributed by atoms with Crippen LogP contribution in [0.3, 0.4) is 0 Å². The molecule has 2 N–H and O–H groups in total. The first-order valence-corrected chi connectivity index (χ1v) is 4.98. The molecule has 2 aromatic rings. The Morgan fingerprint density at radius 2 is 2.27 bits per heavy atom. The predicted octanol–water partition coefficient (Wildman–Crippen LogP) is 1.59. The van der Waals surface area contributed by atoms with Gasteiger partial charge >= 0.3 is 0 Å². The minimum atomic E-state index is -0.355. The number of aromatic nitrogens is 1. The number of nitrogens with zero attached hydrogens (tertiary/aromatic N) is 1. The van der Waals surface area contributed by atoms with Crippen molar-refractivity contribution in [3.63, 3.8) is 0 Å². The summed E-state index contributed by atoms with van der Waals surface area (Å²) >= 11 is 0. The van der Waals surface area contributed by atoms with Gasteiger partial charge in [-0.25, -0.2) is 4.39 Å². The van der Waals surface area contributed by atoms with Crippen molar-refractivity contribution in [1.82, 2.24) is 9.88 Å². The highest BCUT2D eigenvalue weighted by Crippen LogP contribution is 2.34. The number of nitrogens with one attached hydrogen (secondary N) is 1. The third-order valence-corrected chi connectivity index (χ3v) is 2.93. The van der Waals surface area contributed by atoms with Gasteiger partial charge in [-0.1, -0.05) is 12.1 Å². The van der Waals surface area contributed by atoms with Crippen molar-refractivity contribution in [3.8, 4) is 5.88 Å². The Labute approximate surface area is 86.1 Å². The molecule has 3 rings (SSSR count). The topological polar surface area (TPSA) is 37.2 Å². The van der Waals surface area contributed by atoms with Gasteiger partial charge in [-0.15, -0.1) is 0 Å². The molecule has 0 fully saturated rings. The maximum Gasteiger partial charge on any atom is 0.202 e. The molecule has 0 amide bonds. The van der Waals surface area contributed by atoms with Crippen LogP contribution in [0.1, 0.15) is 5.69 Å². The molecule has 0 saturated carbocycles. The number of halogens is 1. The van der Waals surface area contributed by atoms with Gasteiger partial charge in [-0.3, -0.25) is 0 Å². The second-order valence-electron chi connectivity index (χ2n) is 3.76. The minimum absolute atomic E-state index is 0.0552. The molecular weight excluding hydrogens is 195 g/mol. The van der Waals surface area contributed by atoms with E-state index in [4.69, 9.17) is 0 Å². The monoisotopic (exact) mass is 206 g/mol. The lowest BCUT2D eigenvalue weighted by Gasteiger charge is -2.16. The van der Waals surface area contributed by atoms with Crippen molar-refractivity contribution >= 4 is 10.8 Å². The van der Waals surface area contributed by atoms with E-state index in [2.05, 4.69) is 5.32 Å². The molecule has 1 aromatic heterocycles. The van der Waals surface area contributed by atoms with Gasteiger partial charge in [0.05, 0.1) is 5.39 Å². The first-order chi connectivity index (χ1) is 7.29. The number of aromatic hydroxyl groups is 1. The van der Waals surface area contributed by atoms with Crippen LogP contribution < -0.4 is 5.32 Å². The summed E-state index contributed by atoms with van der Waals surface area (Å²) in [6, 6.07) is 4.89. The Balaban J connectivity index is 2.44. The van der Waals surface area contributed by atoms with Gasteiger partial charge in [0.25, 0.3) is 0 Å². The summed E-state index contributed by atoms with van der Waals surface area (Å²) in [6.45, 7) is 2.18. The summed E-state index contributed by atoms with van der Waals surface area (Å²) < 4.78 is 15.3. The second-order valence-corrected chi connectivity index (χ2v) is 3.76. The summed E-state index contributed by atoms with van der Waals surface area (Å²) in [4.78, 5) is 0. The van der Waals surface area contributed by atoms with Crippen LogP contribution in [0, 0.1) is 5.82 Å². The Morgan fingerprint density at radius 3 is 3.13 bits per heavy atom. The summed E-state index contributed by atoms with van der Waals surface area (Å²) in [5.41, 5.74) is 0.966. The molecule has 1 aliphatic heterocycles. The fraction of sp³-hybridized carbons (Fsp3) is 0.273. The first-order valence-electron chi connectivity index (χ1n) is 4.98. The third kappa shape index (κ3) is 1.08. The van der Waals surface area contributed by atoms with Crippen LogP contribution in [0.2, 0.25) is 0 Å². The van der Waals surface area contributed by atoms with Crippen LogP contribution in [0.4, 0.5) is 4.39 Å². The van der Waals surface area contributed by atoms with Crippen molar-refractivity contribution in [2.75, 3.05) is 6.54 Å². The number of hydrogen-bond acceptors (Lipinski definition) is 2. The van der Waals surface area contributed by atoms with E-state index in [9.17, 15) is 9.50 Å². The molecule has 15 heavy (non-hydrogen) atoms. The molecule has 0 unspecified atom stereocenters. The Bertz CT molecular complexity index is 533. The van der Waals surface area contributed by atoms with Crippen molar-refractivity contribution in [2.45, 2.75) is 13.1 Å². The Morgan fingerprint density at radius 1 is 1.40 bits per heavy atom. The van der Waals surface area contributed by atoms with Gasteiger partial charge in [-0.2, -0.15) is 0 Å². The molecule has 78 valence electrons. The SMILES string of the molecule is Oc1c2c(F)cccc2c2n1CCNC2. The summed E-state index contributed by atoms with van der Waals surface area (Å²) in [5.74, 6) is -0.300. The lowest BCUT2D eigenvalue weighted by atomic mass is 10.1.